The van der Waals surface area contributed by atoms with Crippen LogP contribution >= 0.6 is 11.6 Å². The second kappa shape index (κ2) is 5.75. The third-order valence-corrected chi connectivity index (χ3v) is 3.81. The molecule has 0 radical (unpaired) electrons. The van der Waals surface area contributed by atoms with Crippen LogP contribution in [0.5, 0.6) is 5.75 Å². The average molecular weight is 307 g/mol. The molecule has 0 spiro atoms. The van der Waals surface area contributed by atoms with Gasteiger partial charge in [-0.15, -0.1) is 0 Å². The molecule has 7 heteroatoms. The van der Waals surface area contributed by atoms with E-state index < -0.39 is 0 Å². The maximum absolute atomic E-state index is 12.3. The van der Waals surface area contributed by atoms with Crippen molar-refractivity contribution in [1.29, 1.82) is 0 Å². The number of nitrogens with zero attached hydrogens (tertiary/aromatic N) is 1. The van der Waals surface area contributed by atoms with Crippen molar-refractivity contribution < 1.29 is 9.53 Å². The minimum atomic E-state index is -0.330. The zero-order valence-corrected chi connectivity index (χ0v) is 12.2. The van der Waals surface area contributed by atoms with Gasteiger partial charge < -0.3 is 15.0 Å². The van der Waals surface area contributed by atoms with Gasteiger partial charge in [-0.3, -0.25) is 10.1 Å². The van der Waals surface area contributed by atoms with E-state index in [2.05, 4.69) is 20.6 Å². The predicted molar refractivity (Wildman–Crippen MR) is 79.6 cm³/mol. The van der Waals surface area contributed by atoms with Gasteiger partial charge in [0.05, 0.1) is 41.6 Å². The Balaban J connectivity index is 1.72. The molecular formula is C14H15ClN4O2. The predicted octanol–water partition coefficient (Wildman–Crippen LogP) is 1.72. The summed E-state index contributed by atoms with van der Waals surface area (Å²) in [6.07, 6.45) is 2.19. The first-order chi connectivity index (χ1) is 10.2. The van der Waals surface area contributed by atoms with Gasteiger partial charge in [0.15, 0.2) is 0 Å². The van der Waals surface area contributed by atoms with Crippen LogP contribution in [0.15, 0.2) is 24.5 Å². The van der Waals surface area contributed by atoms with Crippen LogP contribution in [0.25, 0.3) is 0 Å². The van der Waals surface area contributed by atoms with E-state index in [1.165, 1.54) is 0 Å². The Labute approximate surface area is 126 Å². The first-order valence-corrected chi connectivity index (χ1v) is 6.94. The molecule has 1 aromatic carbocycles. The standard InChI is InChI=1S/C14H15ClN4O2/c1-21-8-2-3-9(15)10(4-8)19-14(20)12-5-11-13(6-16-12)18-7-17-11/h2-4,7,12,16H,5-6H2,1H3,(H,17,18)(H,19,20). The molecule has 3 N–H and O–H groups in total. The number of ether oxygens (including phenoxy) is 1. The fraction of sp³-hybridized carbons (Fsp3) is 0.286. The van der Waals surface area contributed by atoms with Gasteiger partial charge in [0, 0.05) is 19.0 Å². The van der Waals surface area contributed by atoms with Gasteiger partial charge in [0.25, 0.3) is 0 Å². The van der Waals surface area contributed by atoms with E-state index in [4.69, 9.17) is 16.3 Å². The Morgan fingerprint density at radius 2 is 2.38 bits per heavy atom. The monoisotopic (exact) mass is 306 g/mol. The highest BCUT2D eigenvalue weighted by Gasteiger charge is 2.26. The lowest BCUT2D eigenvalue weighted by molar-refractivity contribution is -0.118. The minimum absolute atomic E-state index is 0.140. The maximum atomic E-state index is 12.3. The van der Waals surface area contributed by atoms with Crippen molar-refractivity contribution in [2.45, 2.75) is 19.0 Å². The number of methoxy groups -OCH3 is 1. The molecule has 2 heterocycles. The molecule has 1 aliphatic rings. The van der Waals surface area contributed by atoms with Crippen molar-refractivity contribution in [3.05, 3.63) is 40.9 Å². The lowest BCUT2D eigenvalue weighted by atomic mass is 10.0. The van der Waals surface area contributed by atoms with Crippen LogP contribution in [0, 0.1) is 0 Å². The second-order valence-electron chi connectivity index (χ2n) is 4.80. The quantitative estimate of drug-likeness (QED) is 0.807. The van der Waals surface area contributed by atoms with E-state index in [0.29, 0.717) is 29.4 Å². The number of hydrogen-bond donors (Lipinski definition) is 3. The minimum Gasteiger partial charge on any atom is -0.497 e. The third-order valence-electron chi connectivity index (χ3n) is 3.48. The highest BCUT2D eigenvalue weighted by atomic mass is 35.5. The lowest BCUT2D eigenvalue weighted by Gasteiger charge is -2.22. The Kier molecular flexibility index (Phi) is 3.81. The number of aromatic amines is 1. The number of hydrogen-bond acceptors (Lipinski definition) is 4. The van der Waals surface area contributed by atoms with E-state index in [-0.39, 0.29) is 11.9 Å². The summed E-state index contributed by atoms with van der Waals surface area (Å²) in [5.41, 5.74) is 2.49. The van der Waals surface area contributed by atoms with Gasteiger partial charge in [-0.2, -0.15) is 0 Å². The summed E-state index contributed by atoms with van der Waals surface area (Å²) in [6, 6.07) is 4.80. The molecule has 1 aromatic heterocycles. The number of nitrogens with one attached hydrogen (secondary N) is 3. The number of aromatic nitrogens is 2. The van der Waals surface area contributed by atoms with Crippen molar-refractivity contribution >= 4 is 23.2 Å². The number of amides is 1. The van der Waals surface area contributed by atoms with Crippen LogP contribution in [-0.2, 0) is 17.8 Å². The molecule has 110 valence electrons. The average Bonchev–Trinajstić information content (AvgIpc) is 2.96. The summed E-state index contributed by atoms with van der Waals surface area (Å²) in [4.78, 5) is 19.6. The maximum Gasteiger partial charge on any atom is 0.241 e. The van der Waals surface area contributed by atoms with E-state index >= 15 is 0 Å². The summed E-state index contributed by atoms with van der Waals surface area (Å²) >= 11 is 6.09. The molecule has 21 heavy (non-hydrogen) atoms. The molecule has 1 unspecified atom stereocenters. The van der Waals surface area contributed by atoms with Gasteiger partial charge in [-0.1, -0.05) is 11.6 Å². The third kappa shape index (κ3) is 2.86. The SMILES string of the molecule is COc1ccc(Cl)c(NC(=O)C2Cc3nc[nH]c3CN2)c1. The zero-order chi connectivity index (χ0) is 14.8. The Hall–Kier alpha value is -2.05. The van der Waals surface area contributed by atoms with Crippen molar-refractivity contribution in [3.63, 3.8) is 0 Å². The number of fused-ring (bicyclic) bond motifs is 1. The molecule has 0 fully saturated rings. The highest BCUT2D eigenvalue weighted by molar-refractivity contribution is 6.33. The van der Waals surface area contributed by atoms with Crippen LogP contribution in [0.1, 0.15) is 11.4 Å². The Morgan fingerprint density at radius 3 is 3.19 bits per heavy atom. The molecule has 3 rings (SSSR count). The van der Waals surface area contributed by atoms with Crippen LogP contribution in [0.3, 0.4) is 0 Å². The van der Waals surface area contributed by atoms with Crippen molar-refractivity contribution in [3.8, 4) is 5.75 Å². The van der Waals surface area contributed by atoms with Crippen LogP contribution in [0.4, 0.5) is 5.69 Å². The van der Waals surface area contributed by atoms with Crippen molar-refractivity contribution in [1.82, 2.24) is 15.3 Å². The van der Waals surface area contributed by atoms with Crippen LogP contribution in [0.2, 0.25) is 5.02 Å². The Morgan fingerprint density at radius 1 is 1.52 bits per heavy atom. The van der Waals surface area contributed by atoms with Gasteiger partial charge >= 0.3 is 0 Å². The molecule has 0 saturated heterocycles. The molecule has 1 aliphatic heterocycles. The van der Waals surface area contributed by atoms with Crippen molar-refractivity contribution in [2.75, 3.05) is 12.4 Å². The fourth-order valence-electron chi connectivity index (χ4n) is 2.30. The summed E-state index contributed by atoms with van der Waals surface area (Å²) in [5.74, 6) is 0.500. The number of carbonyl (C=O) groups is 1. The van der Waals surface area contributed by atoms with Gasteiger partial charge in [-0.25, -0.2) is 4.98 Å². The second-order valence-corrected chi connectivity index (χ2v) is 5.21. The van der Waals surface area contributed by atoms with E-state index in [9.17, 15) is 4.79 Å². The molecular weight excluding hydrogens is 292 g/mol. The topological polar surface area (TPSA) is 79.0 Å². The molecule has 1 amide bonds. The number of halogens is 1. The molecule has 0 bridgehead atoms. The number of benzene rings is 1. The van der Waals surface area contributed by atoms with E-state index in [1.807, 2.05) is 0 Å². The number of anilines is 1. The number of H-pyrrole nitrogens is 1. The zero-order valence-electron chi connectivity index (χ0n) is 11.4. The van der Waals surface area contributed by atoms with Crippen LogP contribution in [-0.4, -0.2) is 29.0 Å². The van der Waals surface area contributed by atoms with E-state index in [0.717, 1.165) is 11.4 Å². The van der Waals surface area contributed by atoms with Gasteiger partial charge in [-0.05, 0) is 12.1 Å². The largest absolute Gasteiger partial charge is 0.497 e. The summed E-state index contributed by atoms with van der Waals surface area (Å²) in [5, 5.41) is 6.47. The van der Waals surface area contributed by atoms with Crippen LogP contribution < -0.4 is 15.4 Å². The molecule has 6 nitrogen and oxygen atoms in total. The first-order valence-electron chi connectivity index (χ1n) is 6.56. The van der Waals surface area contributed by atoms with Crippen molar-refractivity contribution in [2.24, 2.45) is 0 Å². The Bertz CT molecular complexity index is 671. The van der Waals surface area contributed by atoms with Gasteiger partial charge in [0.1, 0.15) is 5.75 Å². The lowest BCUT2D eigenvalue weighted by Crippen LogP contribution is -2.44. The van der Waals surface area contributed by atoms with Gasteiger partial charge in [0.2, 0.25) is 5.91 Å². The number of imidazole rings is 1. The number of carbonyl (C=O) groups excluding carboxylic acids is 1. The molecule has 0 aliphatic carbocycles. The normalized spacial score (nSPS) is 17.1. The summed E-state index contributed by atoms with van der Waals surface area (Å²) < 4.78 is 5.13. The molecule has 2 aromatic rings. The molecule has 1 atom stereocenters. The summed E-state index contributed by atoms with van der Waals surface area (Å²) in [7, 11) is 1.57. The smallest absolute Gasteiger partial charge is 0.241 e. The highest BCUT2D eigenvalue weighted by Crippen LogP contribution is 2.27. The van der Waals surface area contributed by atoms with E-state index in [1.54, 1.807) is 31.6 Å². The number of rotatable bonds is 3. The first kappa shape index (κ1) is 13.9. The fourth-order valence-corrected chi connectivity index (χ4v) is 2.47. The summed E-state index contributed by atoms with van der Waals surface area (Å²) in [6.45, 7) is 0.596. The molecule has 0 saturated carbocycles.